The fourth-order valence-corrected chi connectivity index (χ4v) is 2.54. The first kappa shape index (κ1) is 15.1. The molecule has 0 aromatic heterocycles. The fourth-order valence-electron chi connectivity index (χ4n) is 2.42. The number of nitrogens with zero attached hydrogens (tertiary/aromatic N) is 2. The topological polar surface area (TPSA) is 61.6 Å². The van der Waals surface area contributed by atoms with Gasteiger partial charge in [-0.05, 0) is 37.2 Å². The van der Waals surface area contributed by atoms with Crippen LogP contribution in [-0.2, 0) is 4.79 Å². The highest BCUT2D eigenvalue weighted by Crippen LogP contribution is 2.19. The van der Waals surface area contributed by atoms with Crippen LogP contribution in [0.2, 0.25) is 5.02 Å². The third-order valence-corrected chi connectivity index (χ3v) is 3.86. The van der Waals surface area contributed by atoms with Gasteiger partial charge >= 0.3 is 0 Å². The van der Waals surface area contributed by atoms with Gasteiger partial charge in [0, 0.05) is 43.3 Å². The summed E-state index contributed by atoms with van der Waals surface area (Å²) in [7, 11) is 0. The lowest BCUT2D eigenvalue weighted by Gasteiger charge is -2.36. The molecule has 0 spiro atoms. The van der Waals surface area contributed by atoms with Crippen molar-refractivity contribution in [1.82, 2.24) is 10.3 Å². The average molecular weight is 297 g/mol. The third kappa shape index (κ3) is 4.37. The number of amides is 1. The fraction of sp³-hybridized carbons (Fsp3) is 0.500. The van der Waals surface area contributed by atoms with Crippen LogP contribution in [0.1, 0.15) is 12.8 Å². The lowest BCUT2D eigenvalue weighted by atomic mass is 10.2. The van der Waals surface area contributed by atoms with Crippen molar-refractivity contribution in [3.63, 3.8) is 0 Å². The van der Waals surface area contributed by atoms with Gasteiger partial charge in [0.1, 0.15) is 0 Å². The number of halogens is 1. The monoisotopic (exact) mass is 296 g/mol. The highest BCUT2D eigenvalue weighted by Gasteiger charge is 2.16. The number of anilines is 1. The molecule has 1 amide bonds. The Morgan fingerprint density at radius 3 is 2.45 bits per heavy atom. The number of piperazine rings is 1. The summed E-state index contributed by atoms with van der Waals surface area (Å²) in [6.07, 6.45) is 1.35. The van der Waals surface area contributed by atoms with Crippen molar-refractivity contribution < 1.29 is 4.79 Å². The Labute approximate surface area is 124 Å². The zero-order valence-electron chi connectivity index (χ0n) is 11.5. The second-order valence-electron chi connectivity index (χ2n) is 4.98. The van der Waals surface area contributed by atoms with Crippen molar-refractivity contribution in [1.29, 1.82) is 0 Å². The molecule has 5 nitrogen and oxygen atoms in total. The Balaban J connectivity index is 1.72. The number of benzene rings is 1. The molecule has 1 aromatic rings. The van der Waals surface area contributed by atoms with Gasteiger partial charge < -0.3 is 4.90 Å². The van der Waals surface area contributed by atoms with Gasteiger partial charge in [-0.2, -0.15) is 0 Å². The third-order valence-electron chi connectivity index (χ3n) is 3.60. The van der Waals surface area contributed by atoms with Crippen LogP contribution in [0.15, 0.2) is 24.3 Å². The maximum Gasteiger partial charge on any atom is 0.233 e. The molecule has 3 N–H and O–H groups in total. The van der Waals surface area contributed by atoms with E-state index in [-0.39, 0.29) is 5.91 Å². The highest BCUT2D eigenvalue weighted by molar-refractivity contribution is 6.30. The van der Waals surface area contributed by atoms with Crippen LogP contribution in [0.25, 0.3) is 0 Å². The van der Waals surface area contributed by atoms with Crippen molar-refractivity contribution in [2.24, 2.45) is 5.84 Å². The van der Waals surface area contributed by atoms with E-state index < -0.39 is 0 Å². The Bertz CT molecular complexity index is 429. The first-order chi connectivity index (χ1) is 9.69. The van der Waals surface area contributed by atoms with Crippen molar-refractivity contribution in [3.8, 4) is 0 Å². The molecule has 1 aromatic carbocycles. The summed E-state index contributed by atoms with van der Waals surface area (Å²) < 4.78 is 0. The molecule has 110 valence electrons. The van der Waals surface area contributed by atoms with Crippen LogP contribution in [0, 0.1) is 0 Å². The Morgan fingerprint density at radius 1 is 1.20 bits per heavy atom. The molecule has 1 aliphatic heterocycles. The molecule has 0 aliphatic carbocycles. The number of carbonyl (C=O) groups is 1. The molecular weight excluding hydrogens is 276 g/mol. The minimum absolute atomic E-state index is 0.0928. The molecule has 0 atom stereocenters. The number of carbonyl (C=O) groups excluding carboxylic acids is 1. The molecule has 2 rings (SSSR count). The summed E-state index contributed by atoms with van der Waals surface area (Å²) in [6.45, 7) is 5.00. The molecule has 1 fully saturated rings. The summed E-state index contributed by atoms with van der Waals surface area (Å²) >= 11 is 5.90. The van der Waals surface area contributed by atoms with Gasteiger partial charge in [0.05, 0.1) is 0 Å². The summed E-state index contributed by atoms with van der Waals surface area (Å²) in [6, 6.07) is 7.97. The summed E-state index contributed by atoms with van der Waals surface area (Å²) in [4.78, 5) is 15.8. The van der Waals surface area contributed by atoms with Gasteiger partial charge in [-0.15, -0.1) is 0 Å². The van der Waals surface area contributed by atoms with Gasteiger partial charge in [-0.25, -0.2) is 5.84 Å². The van der Waals surface area contributed by atoms with E-state index in [0.717, 1.165) is 44.2 Å². The zero-order chi connectivity index (χ0) is 14.4. The lowest BCUT2D eigenvalue weighted by Crippen LogP contribution is -2.46. The molecular formula is C14H21ClN4O. The van der Waals surface area contributed by atoms with Gasteiger partial charge in [-0.3, -0.25) is 15.1 Å². The van der Waals surface area contributed by atoms with Crippen molar-refractivity contribution in [2.45, 2.75) is 12.8 Å². The summed E-state index contributed by atoms with van der Waals surface area (Å²) in [5.74, 6) is 4.96. The number of rotatable bonds is 5. The SMILES string of the molecule is NNC(=O)CCCN1CCN(c2ccc(Cl)cc2)CC1. The van der Waals surface area contributed by atoms with E-state index in [1.54, 1.807) is 0 Å². The van der Waals surface area contributed by atoms with Crippen LogP contribution < -0.4 is 16.2 Å². The van der Waals surface area contributed by atoms with E-state index in [1.165, 1.54) is 5.69 Å². The number of hydrogen-bond donors (Lipinski definition) is 2. The van der Waals surface area contributed by atoms with Crippen LogP contribution >= 0.6 is 11.6 Å². The first-order valence-corrected chi connectivity index (χ1v) is 7.29. The maximum atomic E-state index is 11.0. The molecule has 0 unspecified atom stereocenters. The van der Waals surface area contributed by atoms with Gasteiger partial charge in [-0.1, -0.05) is 11.6 Å². The molecule has 6 heteroatoms. The van der Waals surface area contributed by atoms with Gasteiger partial charge in [0.15, 0.2) is 0 Å². The van der Waals surface area contributed by atoms with E-state index in [1.807, 2.05) is 12.1 Å². The minimum Gasteiger partial charge on any atom is -0.369 e. The van der Waals surface area contributed by atoms with E-state index in [0.29, 0.717) is 6.42 Å². The molecule has 1 aliphatic rings. The van der Waals surface area contributed by atoms with Crippen molar-refractivity contribution in [2.75, 3.05) is 37.6 Å². The number of nitrogens with one attached hydrogen (secondary N) is 1. The van der Waals surface area contributed by atoms with Crippen molar-refractivity contribution >= 4 is 23.2 Å². The smallest absolute Gasteiger partial charge is 0.233 e. The predicted octanol–water partition coefficient (Wildman–Crippen LogP) is 1.23. The average Bonchev–Trinajstić information content (AvgIpc) is 2.48. The van der Waals surface area contributed by atoms with Crippen LogP contribution in [0.4, 0.5) is 5.69 Å². The van der Waals surface area contributed by atoms with E-state index in [9.17, 15) is 4.79 Å². The van der Waals surface area contributed by atoms with Crippen LogP contribution in [0.5, 0.6) is 0 Å². The second-order valence-corrected chi connectivity index (χ2v) is 5.41. The first-order valence-electron chi connectivity index (χ1n) is 6.91. The zero-order valence-corrected chi connectivity index (χ0v) is 12.3. The maximum absolute atomic E-state index is 11.0. The van der Waals surface area contributed by atoms with Crippen LogP contribution in [0.3, 0.4) is 0 Å². The lowest BCUT2D eigenvalue weighted by molar-refractivity contribution is -0.121. The Morgan fingerprint density at radius 2 is 1.85 bits per heavy atom. The number of nitrogens with two attached hydrogens (primary N) is 1. The molecule has 1 heterocycles. The number of hydrogen-bond acceptors (Lipinski definition) is 4. The quantitative estimate of drug-likeness (QED) is 0.487. The van der Waals surface area contributed by atoms with Crippen LogP contribution in [-0.4, -0.2) is 43.5 Å². The molecule has 0 bridgehead atoms. The predicted molar refractivity (Wildman–Crippen MR) is 81.7 cm³/mol. The van der Waals surface area contributed by atoms with Gasteiger partial charge in [0.2, 0.25) is 5.91 Å². The summed E-state index contributed by atoms with van der Waals surface area (Å²) in [5, 5.41) is 0.769. The summed E-state index contributed by atoms with van der Waals surface area (Å²) in [5.41, 5.74) is 3.38. The molecule has 0 saturated carbocycles. The molecule has 0 radical (unpaired) electrons. The molecule has 20 heavy (non-hydrogen) atoms. The molecule has 1 saturated heterocycles. The normalized spacial score (nSPS) is 16.2. The Hall–Kier alpha value is -1.30. The Kier molecular flexibility index (Phi) is 5.64. The number of hydrazine groups is 1. The largest absolute Gasteiger partial charge is 0.369 e. The van der Waals surface area contributed by atoms with E-state index in [4.69, 9.17) is 17.4 Å². The highest BCUT2D eigenvalue weighted by atomic mass is 35.5. The van der Waals surface area contributed by atoms with E-state index >= 15 is 0 Å². The minimum atomic E-state index is -0.0928. The van der Waals surface area contributed by atoms with Crippen molar-refractivity contribution in [3.05, 3.63) is 29.3 Å². The standard InChI is InChI=1S/C14H21ClN4O/c15-12-3-5-13(6-4-12)19-10-8-18(9-11-19)7-1-2-14(20)17-16/h3-6H,1-2,7-11,16H2,(H,17,20). The van der Waals surface area contributed by atoms with E-state index in [2.05, 4.69) is 27.4 Å². The van der Waals surface area contributed by atoms with Gasteiger partial charge in [0.25, 0.3) is 0 Å². The second kappa shape index (κ2) is 7.47.